The van der Waals surface area contributed by atoms with Crippen molar-refractivity contribution in [3.63, 3.8) is 0 Å². The standard InChI is InChI=1S/C102H153N21O22/c1-63(2)53-76(95(134)121-87(65(5)6)98(137)119-80(57-71-39-21-15-22-40-71)93(132)117-78(55-69-35-17-13-18-36-69)91(130)110-67(9)101(140)141)115-89(128)73(43-25-30-48-104)112-83(124)59-108-144-61-85(126)106-50-32-27-45-75-100(139)123(52-34-12-11-29-47-103)82(97(136)114-75)46-28-33-51-107-86(127)62-145-109-60-84(125)113-74(44-26-31-49-105)90(129)116-77(54-64(3)4)96(135)122-88(66(7)8)99(138)120-81(58-72-41-23-16-24-42-72)94(133)118-79(56-70-37-19-14-20-38-70)92(131)111-68(10)102(142)143/h13-24,35-42,59-60,63-68,73-82,87-88H,11-12,25-34,43-58,61-62,103-105H2,1-10H3,(H,106,126)(H,107,127)(H,110,130)(H,111,131)(H,112,124)(H,113,125)(H,114,136)(H,115,128)(H,116,129)(H,117,132)(H,118,133)(H,119,137)(H,120,138)(H,121,134)(H,122,135)(H,140,141)(H,142,143)/b108-59-,109-60+/t67-,68-,73-,74-,75-,76-,77-,78-,79-,80-,81-,82-,87-,88-/m0/s1. The Morgan fingerprint density at radius 1 is 0.366 bits per heavy atom. The highest BCUT2D eigenvalue weighted by Crippen LogP contribution is 2.22. The SMILES string of the molecule is CC(C)C[C@H](NC(=O)[C@H](CCCCN)NC(=O)/C=N\OCC(=O)NCCCC[C@@H]1NC(=O)[C@H](CCCCNC(=O)CO/N=C/C(=O)N[C@@H](CCCCN)C(=O)N[C@@H](CC(C)C)C(=O)N[C@H](C(=O)N[C@@H](Cc2ccccc2)C(=O)N[C@@H](Cc2ccccc2)C(=O)N[C@@H](C)C(=O)O)C(C)C)N(CCCCCCN)C1=O)C(=O)N[C@H](C(=O)N[C@@H](Cc1ccccc1)C(=O)N[C@@H](Cc1ccccc1)C(=O)N[C@@H](C)C(=O)O)C(C)C. The number of hydrogen-bond donors (Lipinski definition) is 20. The summed E-state index contributed by atoms with van der Waals surface area (Å²) < 4.78 is 0. The molecule has 1 fully saturated rings. The van der Waals surface area contributed by atoms with E-state index in [1.54, 1.807) is 154 Å². The molecule has 1 aliphatic rings. The van der Waals surface area contributed by atoms with Gasteiger partial charge in [0.2, 0.25) is 70.9 Å². The van der Waals surface area contributed by atoms with Gasteiger partial charge in [0.15, 0.2) is 13.2 Å². The Hall–Kier alpha value is -13.8. The topological polar surface area (TPSA) is 653 Å². The Kier molecular flexibility index (Phi) is 56.1. The maximum atomic E-state index is 14.4. The van der Waals surface area contributed by atoms with E-state index < -0.39 is 204 Å². The lowest BCUT2D eigenvalue weighted by Gasteiger charge is -2.39. The summed E-state index contributed by atoms with van der Waals surface area (Å²) in [4.78, 5) is 258. The zero-order valence-electron chi connectivity index (χ0n) is 84.9. The van der Waals surface area contributed by atoms with Crippen LogP contribution in [0.25, 0.3) is 0 Å². The van der Waals surface area contributed by atoms with Gasteiger partial charge in [-0.05, 0) is 182 Å². The van der Waals surface area contributed by atoms with E-state index in [1.807, 2.05) is 27.7 Å². The minimum absolute atomic E-state index is 0.0290. The second kappa shape index (κ2) is 66.9. The largest absolute Gasteiger partial charge is 0.480 e. The van der Waals surface area contributed by atoms with Crippen molar-refractivity contribution >= 4 is 119 Å². The predicted octanol–water partition coefficient (Wildman–Crippen LogP) is 1.44. The number of nitrogens with two attached hydrogens (primary N) is 3. The van der Waals surface area contributed by atoms with Crippen LogP contribution in [0.2, 0.25) is 0 Å². The Morgan fingerprint density at radius 2 is 0.676 bits per heavy atom. The first-order chi connectivity index (χ1) is 69.2. The van der Waals surface area contributed by atoms with Crippen molar-refractivity contribution in [2.75, 3.05) is 52.5 Å². The summed E-state index contributed by atoms with van der Waals surface area (Å²) in [6, 6.07) is 17.9. The van der Waals surface area contributed by atoms with Crippen molar-refractivity contribution < 1.29 is 106 Å². The molecule has 23 N–H and O–H groups in total. The smallest absolute Gasteiger partial charge is 0.325 e. The van der Waals surface area contributed by atoms with Gasteiger partial charge in [0.05, 0.1) is 0 Å². The van der Waals surface area contributed by atoms with Gasteiger partial charge in [-0.15, -0.1) is 0 Å². The molecule has 1 aliphatic heterocycles. The normalized spacial score (nSPS) is 15.5. The summed E-state index contributed by atoms with van der Waals surface area (Å²) in [5.74, 6) is -15.4. The van der Waals surface area contributed by atoms with E-state index >= 15 is 0 Å². The monoisotopic (exact) mass is 2020 g/mol. The minimum atomic E-state index is -1.32. The summed E-state index contributed by atoms with van der Waals surface area (Å²) in [6.45, 7) is 16.9. The molecule has 16 amide bonds. The van der Waals surface area contributed by atoms with Crippen molar-refractivity contribution in [1.29, 1.82) is 0 Å². The summed E-state index contributed by atoms with van der Waals surface area (Å²) in [6.07, 6.45) is 8.42. The van der Waals surface area contributed by atoms with Gasteiger partial charge in [-0.25, -0.2) is 0 Å². The quantitative estimate of drug-likeness (QED) is 0.0169. The molecule has 145 heavy (non-hydrogen) atoms. The lowest BCUT2D eigenvalue weighted by Crippen LogP contribution is -2.63. The molecule has 43 heteroatoms. The van der Waals surface area contributed by atoms with Crippen molar-refractivity contribution in [2.24, 2.45) is 51.2 Å². The predicted molar refractivity (Wildman–Crippen MR) is 542 cm³/mol. The number of nitrogens with zero attached hydrogens (tertiary/aromatic N) is 3. The summed E-state index contributed by atoms with van der Waals surface area (Å²) in [7, 11) is 0. The van der Waals surface area contributed by atoms with E-state index in [2.05, 4.69) is 90.1 Å². The van der Waals surface area contributed by atoms with Gasteiger partial charge >= 0.3 is 11.9 Å². The molecule has 14 atom stereocenters. The highest BCUT2D eigenvalue weighted by molar-refractivity contribution is 6.27. The molecule has 0 aliphatic carbocycles. The van der Waals surface area contributed by atoms with Crippen LogP contribution >= 0.6 is 0 Å². The maximum absolute atomic E-state index is 14.4. The van der Waals surface area contributed by atoms with Crippen LogP contribution in [0, 0.1) is 23.7 Å². The number of carboxylic acid groups (broad SMARTS) is 2. The minimum Gasteiger partial charge on any atom is -0.480 e. The van der Waals surface area contributed by atoms with Gasteiger partial charge < -0.3 is 122 Å². The molecule has 0 spiro atoms. The lowest BCUT2D eigenvalue weighted by molar-refractivity contribution is -0.150. The number of unbranched alkanes of at least 4 members (excludes halogenated alkanes) is 7. The highest BCUT2D eigenvalue weighted by atomic mass is 16.6. The van der Waals surface area contributed by atoms with E-state index in [1.165, 1.54) is 13.8 Å². The number of benzene rings is 4. The molecule has 5 rings (SSSR count). The second-order valence-electron chi connectivity index (χ2n) is 37.7. The number of carbonyl (C=O) groups excluding carboxylic acids is 16. The summed E-state index contributed by atoms with van der Waals surface area (Å²) in [5.41, 5.74) is 19.9. The van der Waals surface area contributed by atoms with Gasteiger partial charge in [0.1, 0.15) is 97.0 Å². The van der Waals surface area contributed by atoms with Crippen molar-refractivity contribution in [3.05, 3.63) is 144 Å². The number of carboxylic acids is 2. The van der Waals surface area contributed by atoms with Gasteiger partial charge in [-0.1, -0.05) is 200 Å². The van der Waals surface area contributed by atoms with Crippen LogP contribution in [0.1, 0.15) is 207 Å². The van der Waals surface area contributed by atoms with Gasteiger partial charge in [0, 0.05) is 45.3 Å². The Labute approximate surface area is 848 Å². The van der Waals surface area contributed by atoms with E-state index in [4.69, 9.17) is 26.9 Å². The van der Waals surface area contributed by atoms with Crippen LogP contribution in [0.5, 0.6) is 0 Å². The van der Waals surface area contributed by atoms with Crippen LogP contribution in [0.4, 0.5) is 0 Å². The van der Waals surface area contributed by atoms with Gasteiger partial charge in [-0.2, -0.15) is 0 Å². The molecular formula is C102H153N21O22. The number of rotatable bonds is 70. The third-order valence-electron chi connectivity index (χ3n) is 23.7. The Bertz CT molecular complexity index is 4850. The molecule has 1 heterocycles. The van der Waals surface area contributed by atoms with Crippen LogP contribution in [0.15, 0.2) is 132 Å². The molecule has 0 aromatic heterocycles. The van der Waals surface area contributed by atoms with Crippen LogP contribution in [0.3, 0.4) is 0 Å². The Morgan fingerprint density at radius 3 is 1.01 bits per heavy atom. The molecule has 0 unspecified atom stereocenters. The van der Waals surface area contributed by atoms with Crippen LogP contribution < -0.4 is 97.0 Å². The molecule has 43 nitrogen and oxygen atoms in total. The summed E-state index contributed by atoms with van der Waals surface area (Å²) >= 11 is 0. The van der Waals surface area contributed by atoms with Crippen molar-refractivity contribution in [3.8, 4) is 0 Å². The first kappa shape index (κ1) is 122. The van der Waals surface area contributed by atoms with Crippen molar-refractivity contribution in [1.82, 2.24) is 84.7 Å². The molecule has 798 valence electrons. The first-order valence-electron chi connectivity index (χ1n) is 50.0. The number of nitrogens with one attached hydrogen (secondary N) is 15. The molecule has 4 aromatic carbocycles. The number of hydrogen-bond acceptors (Lipinski definition) is 25. The molecule has 0 saturated carbocycles. The third-order valence-corrected chi connectivity index (χ3v) is 23.7. The fourth-order valence-corrected chi connectivity index (χ4v) is 15.7. The fourth-order valence-electron chi connectivity index (χ4n) is 15.7. The molecule has 4 aromatic rings. The van der Waals surface area contributed by atoms with E-state index in [0.717, 1.165) is 31.7 Å². The van der Waals surface area contributed by atoms with Gasteiger partial charge in [0.25, 0.3) is 23.6 Å². The molecular weight excluding hydrogens is 1870 g/mol. The first-order valence-corrected chi connectivity index (χ1v) is 50.0. The van der Waals surface area contributed by atoms with E-state index in [9.17, 15) is 96.5 Å². The maximum Gasteiger partial charge on any atom is 0.325 e. The third kappa shape index (κ3) is 47.1. The summed E-state index contributed by atoms with van der Waals surface area (Å²) in [5, 5.41) is 66.6. The Balaban J connectivity index is 1.09. The van der Waals surface area contributed by atoms with Crippen LogP contribution in [-0.4, -0.2) is 271 Å². The van der Waals surface area contributed by atoms with Crippen molar-refractivity contribution in [2.45, 2.75) is 295 Å². The number of carbonyl (C=O) groups is 18. The number of amides is 16. The zero-order valence-corrected chi connectivity index (χ0v) is 84.9. The number of oxime groups is 2. The van der Waals surface area contributed by atoms with E-state index in [-0.39, 0.29) is 114 Å². The second-order valence-corrected chi connectivity index (χ2v) is 37.7. The number of piperazine rings is 1. The molecule has 1 saturated heterocycles. The lowest BCUT2D eigenvalue weighted by atomic mass is 9.98. The average Bonchev–Trinajstić information content (AvgIpc) is 0.803. The van der Waals surface area contributed by atoms with Crippen LogP contribution in [-0.2, 0) is 122 Å². The molecule has 0 bridgehead atoms. The average molecular weight is 2030 g/mol. The van der Waals surface area contributed by atoms with E-state index in [0.29, 0.717) is 93.1 Å². The fraction of sp³-hybridized carbons (Fsp3) is 0.569. The van der Waals surface area contributed by atoms with Gasteiger partial charge in [-0.3, -0.25) is 86.3 Å². The molecule has 0 radical (unpaired) electrons. The number of aliphatic carboxylic acids is 2. The zero-order chi connectivity index (χ0) is 107. The highest BCUT2D eigenvalue weighted by Gasteiger charge is 2.42.